The van der Waals surface area contributed by atoms with E-state index in [9.17, 15) is 18.0 Å². The molecule has 0 atom stereocenters. The largest absolute Gasteiger partial charge is 0.418 e. The molecule has 0 aliphatic carbocycles. The van der Waals surface area contributed by atoms with Gasteiger partial charge in [-0.05, 0) is 18.2 Å². The number of thiazole rings is 1. The lowest BCUT2D eigenvalue weighted by Crippen LogP contribution is -2.18. The summed E-state index contributed by atoms with van der Waals surface area (Å²) in [5.74, 6) is -0.605. The second kappa shape index (κ2) is 8.33. The molecule has 1 amide bonds. The lowest BCUT2D eigenvalue weighted by molar-refractivity contribution is -0.137. The number of halogens is 4. The molecule has 9 heteroatoms. The van der Waals surface area contributed by atoms with E-state index in [-0.39, 0.29) is 16.5 Å². The molecule has 1 aromatic heterocycles. The number of carbonyl (C=O) groups is 1. The summed E-state index contributed by atoms with van der Waals surface area (Å²) in [5.41, 5.74) is 0.456. The first-order valence-corrected chi connectivity index (χ1v) is 9.87. The quantitative estimate of drug-likeness (QED) is 0.491. The molecule has 3 rings (SSSR count). The topological polar surface area (TPSA) is 42.0 Å². The van der Waals surface area contributed by atoms with Gasteiger partial charge in [0, 0.05) is 16.0 Å². The summed E-state index contributed by atoms with van der Waals surface area (Å²) in [4.78, 5) is 16.5. The van der Waals surface area contributed by atoms with E-state index in [0.717, 1.165) is 23.4 Å². The van der Waals surface area contributed by atoms with Crippen LogP contribution in [-0.2, 0) is 11.0 Å². The standard InChI is InChI=1S/C18H12ClF3N2OS2/c19-12-6-7-14(13(8-12)18(20,21)22)23-16(25)10-27-17-24-15(9-26-17)11-4-2-1-3-5-11/h1-9H,10H2,(H,23,25). The highest BCUT2D eigenvalue weighted by atomic mass is 35.5. The smallest absolute Gasteiger partial charge is 0.325 e. The van der Waals surface area contributed by atoms with Crippen LogP contribution < -0.4 is 5.32 Å². The van der Waals surface area contributed by atoms with Crippen LogP contribution in [0.4, 0.5) is 18.9 Å². The zero-order valence-corrected chi connectivity index (χ0v) is 16.0. The summed E-state index contributed by atoms with van der Waals surface area (Å²) in [6.45, 7) is 0. The van der Waals surface area contributed by atoms with Gasteiger partial charge in [-0.2, -0.15) is 13.2 Å². The van der Waals surface area contributed by atoms with Gasteiger partial charge in [0.25, 0.3) is 0 Å². The molecule has 0 saturated heterocycles. The van der Waals surface area contributed by atoms with Crippen LogP contribution in [0.25, 0.3) is 11.3 Å². The first-order valence-electron chi connectivity index (χ1n) is 7.63. The highest BCUT2D eigenvalue weighted by molar-refractivity contribution is 8.01. The van der Waals surface area contributed by atoms with Crippen molar-refractivity contribution in [2.24, 2.45) is 0 Å². The Labute approximate surface area is 166 Å². The van der Waals surface area contributed by atoms with Crippen LogP contribution in [0.1, 0.15) is 5.56 Å². The van der Waals surface area contributed by atoms with Crippen LogP contribution in [0.3, 0.4) is 0 Å². The highest BCUT2D eigenvalue weighted by Crippen LogP contribution is 2.36. The Morgan fingerprint density at radius 1 is 1.19 bits per heavy atom. The Balaban J connectivity index is 1.64. The van der Waals surface area contributed by atoms with Gasteiger partial charge in [0.1, 0.15) is 0 Å². The fourth-order valence-corrected chi connectivity index (χ4v) is 4.05. The SMILES string of the molecule is O=C(CSc1nc(-c2ccccc2)cs1)Nc1ccc(Cl)cc1C(F)(F)F. The predicted molar refractivity (Wildman–Crippen MR) is 103 cm³/mol. The number of amides is 1. The van der Waals surface area contributed by atoms with Gasteiger partial charge in [-0.25, -0.2) is 4.98 Å². The summed E-state index contributed by atoms with van der Waals surface area (Å²) in [7, 11) is 0. The number of carbonyl (C=O) groups excluding carboxylic acids is 1. The minimum absolute atomic E-state index is 0.0501. The molecular formula is C18H12ClF3N2OS2. The Morgan fingerprint density at radius 3 is 2.63 bits per heavy atom. The van der Waals surface area contributed by atoms with Crippen LogP contribution in [0, 0.1) is 0 Å². The van der Waals surface area contributed by atoms with Gasteiger partial charge in [-0.3, -0.25) is 4.79 Å². The summed E-state index contributed by atoms with van der Waals surface area (Å²) < 4.78 is 39.9. The average molecular weight is 429 g/mol. The van der Waals surface area contributed by atoms with Crippen molar-refractivity contribution in [2.75, 3.05) is 11.1 Å². The summed E-state index contributed by atoms with van der Waals surface area (Å²) in [6, 6.07) is 12.8. The average Bonchev–Trinajstić information content (AvgIpc) is 3.10. The third-order valence-electron chi connectivity index (χ3n) is 3.44. The van der Waals surface area contributed by atoms with Crippen molar-refractivity contribution in [2.45, 2.75) is 10.5 Å². The van der Waals surface area contributed by atoms with E-state index < -0.39 is 17.6 Å². The number of nitrogens with zero attached hydrogens (tertiary/aromatic N) is 1. The Kier molecular flexibility index (Phi) is 6.08. The van der Waals surface area contributed by atoms with Crippen molar-refractivity contribution < 1.29 is 18.0 Å². The normalized spacial score (nSPS) is 11.4. The summed E-state index contributed by atoms with van der Waals surface area (Å²) in [6.07, 6.45) is -4.61. The molecule has 0 aliphatic heterocycles. The van der Waals surface area contributed by atoms with Gasteiger partial charge < -0.3 is 5.32 Å². The van der Waals surface area contributed by atoms with E-state index in [1.807, 2.05) is 35.7 Å². The molecule has 2 aromatic carbocycles. The van der Waals surface area contributed by atoms with Crippen molar-refractivity contribution >= 4 is 46.3 Å². The minimum atomic E-state index is -4.61. The van der Waals surface area contributed by atoms with Crippen molar-refractivity contribution in [3.8, 4) is 11.3 Å². The second-order valence-corrected chi connectivity index (χ2v) is 7.91. The fourth-order valence-electron chi connectivity index (χ4n) is 2.24. The number of benzene rings is 2. The second-order valence-electron chi connectivity index (χ2n) is 5.39. The van der Waals surface area contributed by atoms with Crippen LogP contribution in [0.2, 0.25) is 5.02 Å². The Morgan fingerprint density at radius 2 is 1.93 bits per heavy atom. The lowest BCUT2D eigenvalue weighted by atomic mass is 10.1. The fraction of sp³-hybridized carbons (Fsp3) is 0.111. The Hall–Kier alpha value is -2.03. The van der Waals surface area contributed by atoms with Crippen LogP contribution in [0.15, 0.2) is 58.3 Å². The zero-order chi connectivity index (χ0) is 19.4. The molecule has 0 aliphatic rings. The molecule has 140 valence electrons. The minimum Gasteiger partial charge on any atom is -0.325 e. The van der Waals surface area contributed by atoms with E-state index in [1.165, 1.54) is 29.2 Å². The number of hydrogen-bond donors (Lipinski definition) is 1. The summed E-state index contributed by atoms with van der Waals surface area (Å²) in [5, 5.41) is 4.11. The molecule has 0 saturated carbocycles. The maximum absolute atomic E-state index is 13.1. The maximum Gasteiger partial charge on any atom is 0.418 e. The van der Waals surface area contributed by atoms with E-state index in [0.29, 0.717) is 4.34 Å². The molecule has 3 aromatic rings. The van der Waals surface area contributed by atoms with Gasteiger partial charge in [-0.1, -0.05) is 53.7 Å². The van der Waals surface area contributed by atoms with Crippen LogP contribution in [0.5, 0.6) is 0 Å². The monoisotopic (exact) mass is 428 g/mol. The van der Waals surface area contributed by atoms with Gasteiger partial charge in [-0.15, -0.1) is 11.3 Å². The summed E-state index contributed by atoms with van der Waals surface area (Å²) >= 11 is 8.17. The third-order valence-corrected chi connectivity index (χ3v) is 5.70. The molecule has 0 fully saturated rings. The molecule has 0 bridgehead atoms. The van der Waals surface area contributed by atoms with Gasteiger partial charge in [0.15, 0.2) is 4.34 Å². The first kappa shape index (κ1) is 19.7. The molecule has 1 N–H and O–H groups in total. The maximum atomic E-state index is 13.1. The first-order chi connectivity index (χ1) is 12.8. The number of rotatable bonds is 5. The lowest BCUT2D eigenvalue weighted by Gasteiger charge is -2.13. The van der Waals surface area contributed by atoms with E-state index in [2.05, 4.69) is 10.3 Å². The number of alkyl halides is 3. The number of anilines is 1. The molecule has 1 heterocycles. The number of hydrogen-bond acceptors (Lipinski definition) is 4. The van der Waals surface area contributed by atoms with Gasteiger partial charge >= 0.3 is 6.18 Å². The molecule has 0 unspecified atom stereocenters. The van der Waals surface area contributed by atoms with Crippen LogP contribution in [-0.4, -0.2) is 16.6 Å². The van der Waals surface area contributed by atoms with Crippen molar-refractivity contribution in [3.05, 3.63) is 64.5 Å². The van der Waals surface area contributed by atoms with Crippen molar-refractivity contribution in [1.29, 1.82) is 0 Å². The van der Waals surface area contributed by atoms with E-state index in [1.54, 1.807) is 0 Å². The van der Waals surface area contributed by atoms with Gasteiger partial charge in [0.2, 0.25) is 5.91 Å². The zero-order valence-electron chi connectivity index (χ0n) is 13.6. The molecule has 3 nitrogen and oxygen atoms in total. The number of thioether (sulfide) groups is 1. The van der Waals surface area contributed by atoms with Crippen molar-refractivity contribution in [1.82, 2.24) is 4.98 Å². The van der Waals surface area contributed by atoms with Crippen LogP contribution >= 0.6 is 34.7 Å². The van der Waals surface area contributed by atoms with Gasteiger partial charge in [0.05, 0.1) is 22.7 Å². The highest BCUT2D eigenvalue weighted by Gasteiger charge is 2.34. The number of nitrogens with one attached hydrogen (secondary N) is 1. The molecule has 0 radical (unpaired) electrons. The predicted octanol–water partition coefficient (Wildman–Crippen LogP) is 6.21. The molecule has 27 heavy (non-hydrogen) atoms. The van der Waals surface area contributed by atoms with Crippen molar-refractivity contribution in [3.63, 3.8) is 0 Å². The molecular weight excluding hydrogens is 417 g/mol. The van der Waals surface area contributed by atoms with E-state index in [4.69, 9.17) is 11.6 Å². The van der Waals surface area contributed by atoms with E-state index >= 15 is 0 Å². The molecule has 0 spiro atoms. The number of aromatic nitrogens is 1. The Bertz CT molecular complexity index is 945. The third kappa shape index (κ3) is 5.24.